The third-order valence-corrected chi connectivity index (χ3v) is 4.88. The van der Waals surface area contributed by atoms with E-state index in [4.69, 9.17) is 9.57 Å². The molecule has 0 radical (unpaired) electrons. The number of carbonyl (C=O) groups excluding carboxylic acids is 1. The number of benzene rings is 1. The number of esters is 1. The summed E-state index contributed by atoms with van der Waals surface area (Å²) in [6.07, 6.45) is 10.6. The van der Waals surface area contributed by atoms with Crippen molar-refractivity contribution in [1.29, 1.82) is 0 Å². The SMILES string of the molecule is CCC/C=C(\C(=O)OC)C1CC=CC=C1CO/N=C(\C)c1cccc(Br)c1. The topological polar surface area (TPSA) is 47.9 Å². The maximum absolute atomic E-state index is 12.2. The molecule has 1 unspecified atom stereocenters. The van der Waals surface area contributed by atoms with Gasteiger partial charge in [0.1, 0.15) is 6.61 Å². The van der Waals surface area contributed by atoms with Crippen LogP contribution in [0.1, 0.15) is 38.7 Å². The minimum atomic E-state index is -0.275. The van der Waals surface area contributed by atoms with Crippen LogP contribution in [0.15, 0.2) is 69.3 Å². The Hall–Kier alpha value is -2.14. The minimum absolute atomic E-state index is 0.0321. The zero-order valence-electron chi connectivity index (χ0n) is 16.1. The molecule has 0 aromatic heterocycles. The van der Waals surface area contributed by atoms with Gasteiger partial charge in [0.15, 0.2) is 0 Å². The third kappa shape index (κ3) is 6.21. The van der Waals surface area contributed by atoms with Crippen LogP contribution in [0.4, 0.5) is 0 Å². The molecular formula is C22H26BrNO3. The van der Waals surface area contributed by atoms with Gasteiger partial charge in [-0.15, -0.1) is 0 Å². The standard InChI is InChI=1S/C22H26BrNO3/c1-4-5-12-21(22(25)26-3)20-13-7-6-9-18(20)15-27-24-16(2)17-10-8-11-19(23)14-17/h6-12,14,20H,4-5,13,15H2,1-3H3/b21-12-,24-16+. The predicted molar refractivity (Wildman–Crippen MR) is 113 cm³/mol. The first-order valence-corrected chi connectivity index (χ1v) is 9.92. The van der Waals surface area contributed by atoms with E-state index in [0.717, 1.165) is 40.6 Å². The van der Waals surface area contributed by atoms with E-state index < -0.39 is 0 Å². The van der Waals surface area contributed by atoms with E-state index in [1.165, 1.54) is 7.11 Å². The summed E-state index contributed by atoms with van der Waals surface area (Å²) in [7, 11) is 1.42. The average molecular weight is 432 g/mol. The average Bonchev–Trinajstić information content (AvgIpc) is 2.68. The van der Waals surface area contributed by atoms with E-state index in [0.29, 0.717) is 12.2 Å². The van der Waals surface area contributed by atoms with Crippen molar-refractivity contribution >= 4 is 27.6 Å². The van der Waals surface area contributed by atoms with Crippen LogP contribution in [-0.2, 0) is 14.4 Å². The lowest BCUT2D eigenvalue weighted by Crippen LogP contribution is -2.20. The molecule has 0 bridgehead atoms. The number of allylic oxidation sites excluding steroid dienone is 4. The summed E-state index contributed by atoms with van der Waals surface area (Å²) >= 11 is 3.46. The lowest BCUT2D eigenvalue weighted by molar-refractivity contribution is -0.136. The van der Waals surface area contributed by atoms with Gasteiger partial charge in [0.25, 0.3) is 0 Å². The van der Waals surface area contributed by atoms with E-state index in [1.807, 2.05) is 49.4 Å². The molecule has 5 heteroatoms. The van der Waals surface area contributed by atoms with Gasteiger partial charge in [0.05, 0.1) is 12.8 Å². The maximum Gasteiger partial charge on any atom is 0.334 e. The van der Waals surface area contributed by atoms with Crippen LogP contribution in [0.25, 0.3) is 0 Å². The normalized spacial score (nSPS) is 17.5. The number of halogens is 1. The van der Waals surface area contributed by atoms with Crippen molar-refractivity contribution in [2.24, 2.45) is 11.1 Å². The lowest BCUT2D eigenvalue weighted by Gasteiger charge is -2.22. The molecule has 0 heterocycles. The molecule has 0 fully saturated rings. The molecule has 0 saturated carbocycles. The Balaban J connectivity index is 2.10. The van der Waals surface area contributed by atoms with Crippen LogP contribution in [0, 0.1) is 5.92 Å². The second kappa shape index (κ2) is 10.9. The number of nitrogens with zero attached hydrogens (tertiary/aromatic N) is 1. The van der Waals surface area contributed by atoms with E-state index >= 15 is 0 Å². The monoisotopic (exact) mass is 431 g/mol. The van der Waals surface area contributed by atoms with Crippen molar-refractivity contribution in [3.8, 4) is 0 Å². The summed E-state index contributed by atoms with van der Waals surface area (Å²) < 4.78 is 5.99. The Kier molecular flexibility index (Phi) is 8.52. The van der Waals surface area contributed by atoms with E-state index in [9.17, 15) is 4.79 Å². The van der Waals surface area contributed by atoms with Gasteiger partial charge in [0, 0.05) is 21.5 Å². The molecule has 1 atom stereocenters. The van der Waals surface area contributed by atoms with E-state index in [-0.39, 0.29) is 11.9 Å². The van der Waals surface area contributed by atoms with Gasteiger partial charge in [-0.25, -0.2) is 4.79 Å². The Labute approximate surface area is 169 Å². The number of carbonyl (C=O) groups is 1. The first-order chi connectivity index (χ1) is 13.1. The van der Waals surface area contributed by atoms with Gasteiger partial charge in [-0.05, 0) is 37.5 Å². The first kappa shape index (κ1) is 21.2. The molecule has 0 N–H and O–H groups in total. The van der Waals surface area contributed by atoms with Crippen LogP contribution in [0.5, 0.6) is 0 Å². The quantitative estimate of drug-likeness (QED) is 0.233. The summed E-state index contributed by atoms with van der Waals surface area (Å²) in [6.45, 7) is 4.34. The Bertz CT molecular complexity index is 778. The van der Waals surface area contributed by atoms with Crippen molar-refractivity contribution in [1.82, 2.24) is 0 Å². The number of ether oxygens (including phenoxy) is 1. The van der Waals surface area contributed by atoms with Crippen LogP contribution in [0.3, 0.4) is 0 Å². The number of methoxy groups -OCH3 is 1. The highest BCUT2D eigenvalue weighted by Crippen LogP contribution is 2.29. The second-order valence-electron chi connectivity index (χ2n) is 6.36. The van der Waals surface area contributed by atoms with Gasteiger partial charge < -0.3 is 9.57 Å². The Morgan fingerprint density at radius 2 is 2.22 bits per heavy atom. The minimum Gasteiger partial charge on any atom is -0.466 e. The number of oxime groups is 1. The fourth-order valence-electron chi connectivity index (χ4n) is 2.90. The van der Waals surface area contributed by atoms with E-state index in [2.05, 4.69) is 34.1 Å². The predicted octanol–water partition coefficient (Wildman–Crippen LogP) is 5.59. The second-order valence-corrected chi connectivity index (χ2v) is 7.27. The smallest absolute Gasteiger partial charge is 0.334 e. The number of hydrogen-bond acceptors (Lipinski definition) is 4. The molecule has 1 aliphatic carbocycles. The molecule has 1 aliphatic rings. The van der Waals surface area contributed by atoms with Crippen LogP contribution in [0.2, 0.25) is 0 Å². The molecule has 2 rings (SSSR count). The van der Waals surface area contributed by atoms with Crippen molar-refractivity contribution in [2.75, 3.05) is 13.7 Å². The highest BCUT2D eigenvalue weighted by Gasteiger charge is 2.25. The molecule has 1 aromatic carbocycles. The molecule has 144 valence electrons. The molecule has 1 aromatic rings. The van der Waals surface area contributed by atoms with Gasteiger partial charge in [0.2, 0.25) is 0 Å². The summed E-state index contributed by atoms with van der Waals surface area (Å²) in [5.41, 5.74) is 3.52. The highest BCUT2D eigenvalue weighted by atomic mass is 79.9. The molecule has 0 spiro atoms. The Morgan fingerprint density at radius 3 is 2.93 bits per heavy atom. The van der Waals surface area contributed by atoms with Gasteiger partial charge in [-0.3, -0.25) is 0 Å². The molecule has 0 aliphatic heterocycles. The molecule has 0 amide bonds. The molecule has 4 nitrogen and oxygen atoms in total. The summed E-state index contributed by atoms with van der Waals surface area (Å²) in [5.74, 6) is -0.307. The zero-order chi connectivity index (χ0) is 19.6. The van der Waals surface area contributed by atoms with Gasteiger partial charge in [-0.2, -0.15) is 0 Å². The fraction of sp³-hybridized carbons (Fsp3) is 0.364. The van der Waals surface area contributed by atoms with Crippen LogP contribution in [-0.4, -0.2) is 25.4 Å². The van der Waals surface area contributed by atoms with Gasteiger partial charge in [-0.1, -0.05) is 70.9 Å². The molecule has 0 saturated heterocycles. The van der Waals surface area contributed by atoms with Crippen molar-refractivity contribution < 1.29 is 14.4 Å². The fourth-order valence-corrected chi connectivity index (χ4v) is 3.30. The van der Waals surface area contributed by atoms with Crippen LogP contribution >= 0.6 is 15.9 Å². The first-order valence-electron chi connectivity index (χ1n) is 9.13. The summed E-state index contributed by atoms with van der Waals surface area (Å²) in [6, 6.07) is 7.92. The third-order valence-electron chi connectivity index (χ3n) is 4.39. The highest BCUT2D eigenvalue weighted by molar-refractivity contribution is 9.10. The number of unbranched alkanes of at least 4 members (excludes halogenated alkanes) is 1. The van der Waals surface area contributed by atoms with Crippen molar-refractivity contribution in [3.63, 3.8) is 0 Å². The maximum atomic E-state index is 12.2. The number of rotatable bonds is 8. The summed E-state index contributed by atoms with van der Waals surface area (Å²) in [4.78, 5) is 17.9. The Morgan fingerprint density at radius 1 is 1.41 bits per heavy atom. The molecule has 27 heavy (non-hydrogen) atoms. The number of hydrogen-bond donors (Lipinski definition) is 0. The zero-order valence-corrected chi connectivity index (χ0v) is 17.7. The van der Waals surface area contributed by atoms with Crippen molar-refractivity contribution in [2.45, 2.75) is 33.1 Å². The van der Waals surface area contributed by atoms with Gasteiger partial charge >= 0.3 is 5.97 Å². The lowest BCUT2D eigenvalue weighted by atomic mass is 9.84. The molecular weight excluding hydrogens is 406 g/mol. The van der Waals surface area contributed by atoms with Crippen molar-refractivity contribution in [3.05, 3.63) is 69.8 Å². The summed E-state index contributed by atoms with van der Waals surface area (Å²) in [5, 5.41) is 4.25. The largest absolute Gasteiger partial charge is 0.466 e. The van der Waals surface area contributed by atoms with E-state index in [1.54, 1.807) is 0 Å². The van der Waals surface area contributed by atoms with Crippen LogP contribution < -0.4 is 0 Å².